The molecule has 0 aliphatic heterocycles. The monoisotopic (exact) mass is 388 g/mol. The lowest BCUT2D eigenvalue weighted by Gasteiger charge is -2.05. The highest BCUT2D eigenvalue weighted by molar-refractivity contribution is 7.15. The molecule has 0 saturated heterocycles. The molecule has 3 rings (SSSR count). The molecule has 8 heteroatoms. The summed E-state index contributed by atoms with van der Waals surface area (Å²) < 4.78 is 0. The van der Waals surface area contributed by atoms with Crippen LogP contribution in [0, 0.1) is 20.8 Å². The van der Waals surface area contributed by atoms with Crippen molar-refractivity contribution in [2.75, 3.05) is 5.32 Å². The fourth-order valence-electron chi connectivity index (χ4n) is 2.45. The Kier molecular flexibility index (Phi) is 5.20. The largest absolute Gasteiger partial charge is 0.298 e. The van der Waals surface area contributed by atoms with Gasteiger partial charge in [-0.05, 0) is 43.5 Å². The number of halogens is 1. The number of anilines is 1. The fourth-order valence-corrected chi connectivity index (χ4v) is 3.50. The minimum Gasteiger partial charge on any atom is -0.298 e. The molecule has 3 aromatic rings. The maximum atomic E-state index is 12.4. The second-order valence-corrected chi connectivity index (χ2v) is 7.51. The SMILES string of the molecule is Cc1ccc(Cc2cnc(NC(=O)c3c(C)c(C)n[nH]c3=O)s2)cc1Cl. The maximum absolute atomic E-state index is 12.4. The summed E-state index contributed by atoms with van der Waals surface area (Å²) >= 11 is 7.52. The van der Waals surface area contributed by atoms with E-state index in [1.54, 1.807) is 20.0 Å². The number of benzene rings is 1. The van der Waals surface area contributed by atoms with Crippen LogP contribution in [0.2, 0.25) is 5.02 Å². The van der Waals surface area contributed by atoms with Crippen LogP contribution in [-0.2, 0) is 6.42 Å². The topological polar surface area (TPSA) is 87.7 Å². The first-order chi connectivity index (χ1) is 12.3. The Hall–Kier alpha value is -2.51. The number of aromatic amines is 1. The third-order valence-electron chi connectivity index (χ3n) is 4.09. The van der Waals surface area contributed by atoms with Gasteiger partial charge in [-0.2, -0.15) is 5.10 Å². The van der Waals surface area contributed by atoms with Crippen LogP contribution in [-0.4, -0.2) is 21.1 Å². The molecule has 0 unspecified atom stereocenters. The van der Waals surface area contributed by atoms with Crippen molar-refractivity contribution in [2.24, 2.45) is 0 Å². The van der Waals surface area contributed by atoms with E-state index in [1.165, 1.54) is 11.3 Å². The molecule has 2 N–H and O–H groups in total. The van der Waals surface area contributed by atoms with Gasteiger partial charge in [0, 0.05) is 22.5 Å². The smallest absolute Gasteiger partial charge is 0.277 e. The molecule has 0 bridgehead atoms. The average Bonchev–Trinajstić information content (AvgIpc) is 3.02. The summed E-state index contributed by atoms with van der Waals surface area (Å²) in [5.41, 5.74) is 2.79. The predicted molar refractivity (Wildman–Crippen MR) is 103 cm³/mol. The number of carbonyl (C=O) groups is 1. The zero-order valence-electron chi connectivity index (χ0n) is 14.5. The van der Waals surface area contributed by atoms with Crippen LogP contribution in [0.15, 0.2) is 29.2 Å². The van der Waals surface area contributed by atoms with E-state index in [-0.39, 0.29) is 5.56 Å². The van der Waals surface area contributed by atoms with E-state index in [4.69, 9.17) is 11.6 Å². The van der Waals surface area contributed by atoms with Gasteiger partial charge in [-0.25, -0.2) is 10.1 Å². The van der Waals surface area contributed by atoms with Gasteiger partial charge in [0.15, 0.2) is 5.13 Å². The van der Waals surface area contributed by atoms with Crippen molar-refractivity contribution in [2.45, 2.75) is 27.2 Å². The van der Waals surface area contributed by atoms with E-state index >= 15 is 0 Å². The molecule has 0 spiro atoms. The highest BCUT2D eigenvalue weighted by atomic mass is 35.5. The summed E-state index contributed by atoms with van der Waals surface area (Å²) in [6, 6.07) is 5.92. The number of aryl methyl sites for hydroxylation is 2. The number of aromatic nitrogens is 3. The number of carbonyl (C=O) groups excluding carboxylic acids is 1. The molecular formula is C18H17ClN4O2S. The lowest BCUT2D eigenvalue weighted by atomic mass is 10.1. The Morgan fingerprint density at radius 2 is 2.08 bits per heavy atom. The third-order valence-corrected chi connectivity index (χ3v) is 5.41. The Morgan fingerprint density at radius 1 is 1.31 bits per heavy atom. The molecule has 2 heterocycles. The van der Waals surface area contributed by atoms with Gasteiger partial charge in [0.05, 0.1) is 5.69 Å². The van der Waals surface area contributed by atoms with Crippen molar-refractivity contribution >= 4 is 34.0 Å². The Morgan fingerprint density at radius 3 is 2.81 bits per heavy atom. The van der Waals surface area contributed by atoms with Crippen molar-refractivity contribution in [1.29, 1.82) is 0 Å². The first-order valence-corrected chi connectivity index (χ1v) is 9.11. The zero-order chi connectivity index (χ0) is 18.8. The zero-order valence-corrected chi connectivity index (χ0v) is 16.1. The molecule has 1 aromatic carbocycles. The van der Waals surface area contributed by atoms with Crippen LogP contribution in [0.25, 0.3) is 0 Å². The number of hydrogen-bond acceptors (Lipinski definition) is 5. The number of hydrogen-bond donors (Lipinski definition) is 2. The second-order valence-electron chi connectivity index (χ2n) is 5.98. The Labute approximate surface area is 159 Å². The van der Waals surface area contributed by atoms with Gasteiger partial charge < -0.3 is 0 Å². The van der Waals surface area contributed by atoms with Gasteiger partial charge in [-0.1, -0.05) is 23.7 Å². The van der Waals surface area contributed by atoms with E-state index in [0.717, 1.165) is 21.0 Å². The Bertz CT molecular complexity index is 1040. The fraction of sp³-hybridized carbons (Fsp3) is 0.222. The quantitative estimate of drug-likeness (QED) is 0.714. The van der Waals surface area contributed by atoms with E-state index in [9.17, 15) is 9.59 Å². The van der Waals surface area contributed by atoms with Crippen LogP contribution in [0.1, 0.15) is 37.6 Å². The molecule has 1 amide bonds. The lowest BCUT2D eigenvalue weighted by molar-refractivity contribution is 0.102. The van der Waals surface area contributed by atoms with E-state index in [0.29, 0.717) is 22.8 Å². The van der Waals surface area contributed by atoms with Gasteiger partial charge >= 0.3 is 0 Å². The van der Waals surface area contributed by atoms with Gasteiger partial charge in [0.2, 0.25) is 0 Å². The summed E-state index contributed by atoms with van der Waals surface area (Å²) in [5, 5.41) is 10.0. The molecular weight excluding hydrogens is 372 g/mol. The minimum absolute atomic E-state index is 0.0552. The van der Waals surface area contributed by atoms with Crippen LogP contribution in [0.3, 0.4) is 0 Å². The summed E-state index contributed by atoms with van der Waals surface area (Å²) in [7, 11) is 0. The van der Waals surface area contributed by atoms with Crippen molar-refractivity contribution in [3.63, 3.8) is 0 Å². The Balaban J connectivity index is 1.76. The number of rotatable bonds is 4. The second kappa shape index (κ2) is 7.39. The molecule has 0 saturated carbocycles. The molecule has 26 heavy (non-hydrogen) atoms. The van der Waals surface area contributed by atoms with Crippen molar-refractivity contribution < 1.29 is 4.79 Å². The van der Waals surface area contributed by atoms with Gasteiger partial charge in [-0.3, -0.25) is 14.9 Å². The molecule has 2 aromatic heterocycles. The molecule has 134 valence electrons. The number of nitrogens with zero attached hydrogens (tertiary/aromatic N) is 2. The minimum atomic E-state index is -0.517. The molecule has 6 nitrogen and oxygen atoms in total. The molecule has 0 aliphatic rings. The van der Waals surface area contributed by atoms with Gasteiger partial charge in [-0.15, -0.1) is 11.3 Å². The molecule has 0 atom stereocenters. The first-order valence-electron chi connectivity index (χ1n) is 7.92. The average molecular weight is 389 g/mol. The van der Waals surface area contributed by atoms with Crippen LogP contribution in [0.4, 0.5) is 5.13 Å². The number of thiazole rings is 1. The summed E-state index contributed by atoms with van der Waals surface area (Å²) in [6.45, 7) is 5.38. The highest BCUT2D eigenvalue weighted by Gasteiger charge is 2.17. The van der Waals surface area contributed by atoms with E-state index < -0.39 is 11.5 Å². The maximum Gasteiger partial charge on any atom is 0.277 e. The normalized spacial score (nSPS) is 10.8. The third kappa shape index (κ3) is 3.84. The standard InChI is InChI=1S/C18H17ClN4O2S/c1-9-4-5-12(7-14(9)19)6-13-8-20-18(26-13)21-16(24)15-10(2)11(3)22-23-17(15)25/h4-5,7-8H,6H2,1-3H3,(H,23,25)(H,20,21,24). The van der Waals surface area contributed by atoms with Crippen molar-refractivity contribution in [3.8, 4) is 0 Å². The summed E-state index contributed by atoms with van der Waals surface area (Å²) in [4.78, 5) is 29.6. The first kappa shape index (κ1) is 18.3. The molecule has 0 radical (unpaired) electrons. The van der Waals surface area contributed by atoms with Crippen LogP contribution < -0.4 is 10.9 Å². The van der Waals surface area contributed by atoms with Gasteiger partial charge in [0.1, 0.15) is 5.56 Å². The van der Waals surface area contributed by atoms with E-state index in [1.807, 2.05) is 25.1 Å². The van der Waals surface area contributed by atoms with Gasteiger partial charge in [0.25, 0.3) is 11.5 Å². The van der Waals surface area contributed by atoms with Crippen LogP contribution in [0.5, 0.6) is 0 Å². The molecule has 0 aliphatic carbocycles. The van der Waals surface area contributed by atoms with Crippen molar-refractivity contribution in [1.82, 2.24) is 15.2 Å². The summed E-state index contributed by atoms with van der Waals surface area (Å²) in [5.74, 6) is -0.492. The number of H-pyrrole nitrogens is 1. The molecule has 0 fully saturated rings. The number of amides is 1. The van der Waals surface area contributed by atoms with Crippen LogP contribution >= 0.6 is 22.9 Å². The number of nitrogens with one attached hydrogen (secondary N) is 2. The lowest BCUT2D eigenvalue weighted by Crippen LogP contribution is -2.26. The van der Waals surface area contributed by atoms with Crippen molar-refractivity contribution in [3.05, 3.63) is 72.6 Å². The van der Waals surface area contributed by atoms with E-state index in [2.05, 4.69) is 20.5 Å². The summed E-state index contributed by atoms with van der Waals surface area (Å²) in [6.07, 6.45) is 2.38. The highest BCUT2D eigenvalue weighted by Crippen LogP contribution is 2.24. The predicted octanol–water partition coefficient (Wildman–Crippen LogP) is 3.65.